The Morgan fingerprint density at radius 3 is 2.57 bits per heavy atom. The third-order valence-corrected chi connectivity index (χ3v) is 3.50. The SMILES string of the molecule is CC(C)Oc1cc(Br)cc(C(=O)N(CC(=O)O)C2CC2)c1. The Kier molecular flexibility index (Phi) is 4.88. The Morgan fingerprint density at radius 2 is 2.05 bits per heavy atom. The van der Waals surface area contributed by atoms with Gasteiger partial charge in [-0.2, -0.15) is 0 Å². The summed E-state index contributed by atoms with van der Waals surface area (Å²) in [6, 6.07) is 5.18. The van der Waals surface area contributed by atoms with E-state index in [4.69, 9.17) is 9.84 Å². The molecule has 1 aromatic rings. The third-order valence-electron chi connectivity index (χ3n) is 3.04. The van der Waals surface area contributed by atoms with Gasteiger partial charge in [-0.05, 0) is 44.9 Å². The number of ether oxygens (including phenoxy) is 1. The largest absolute Gasteiger partial charge is 0.491 e. The van der Waals surface area contributed by atoms with Gasteiger partial charge in [-0.25, -0.2) is 0 Å². The average Bonchev–Trinajstić information content (AvgIpc) is 3.17. The van der Waals surface area contributed by atoms with E-state index in [1.807, 2.05) is 13.8 Å². The molecule has 0 atom stereocenters. The lowest BCUT2D eigenvalue weighted by molar-refractivity contribution is -0.137. The molecule has 1 aliphatic carbocycles. The van der Waals surface area contributed by atoms with Crippen LogP contribution in [-0.4, -0.2) is 40.6 Å². The van der Waals surface area contributed by atoms with Gasteiger partial charge in [-0.1, -0.05) is 15.9 Å². The first-order valence-corrected chi connectivity index (χ1v) is 7.66. The van der Waals surface area contributed by atoms with Gasteiger partial charge in [-0.3, -0.25) is 9.59 Å². The summed E-state index contributed by atoms with van der Waals surface area (Å²) in [6.45, 7) is 3.54. The van der Waals surface area contributed by atoms with E-state index >= 15 is 0 Å². The molecule has 0 aromatic heterocycles. The Balaban J connectivity index is 2.24. The number of hydrogen-bond donors (Lipinski definition) is 1. The number of halogens is 1. The molecule has 1 aliphatic rings. The second kappa shape index (κ2) is 6.47. The van der Waals surface area contributed by atoms with Crippen molar-refractivity contribution >= 4 is 27.8 Å². The van der Waals surface area contributed by atoms with Crippen molar-refractivity contribution in [3.63, 3.8) is 0 Å². The van der Waals surface area contributed by atoms with Gasteiger partial charge < -0.3 is 14.7 Å². The molecule has 0 radical (unpaired) electrons. The molecule has 0 heterocycles. The number of benzene rings is 1. The van der Waals surface area contributed by atoms with Crippen LogP contribution in [0.25, 0.3) is 0 Å². The summed E-state index contributed by atoms with van der Waals surface area (Å²) in [6.07, 6.45) is 1.73. The van der Waals surface area contributed by atoms with Crippen molar-refractivity contribution in [1.82, 2.24) is 4.90 Å². The number of aliphatic carboxylic acids is 1. The van der Waals surface area contributed by atoms with Crippen molar-refractivity contribution < 1.29 is 19.4 Å². The van der Waals surface area contributed by atoms with E-state index in [9.17, 15) is 9.59 Å². The number of carbonyl (C=O) groups is 2. The van der Waals surface area contributed by atoms with E-state index in [0.29, 0.717) is 11.3 Å². The first-order valence-electron chi connectivity index (χ1n) is 6.87. The first-order chi connectivity index (χ1) is 9.86. The summed E-state index contributed by atoms with van der Waals surface area (Å²) in [5.41, 5.74) is 0.438. The Hall–Kier alpha value is -1.56. The van der Waals surface area contributed by atoms with Crippen molar-refractivity contribution in [3.05, 3.63) is 28.2 Å². The lowest BCUT2D eigenvalue weighted by Gasteiger charge is -2.21. The van der Waals surface area contributed by atoms with Crippen molar-refractivity contribution in [1.29, 1.82) is 0 Å². The molecule has 1 aromatic carbocycles. The minimum absolute atomic E-state index is 0.000747. The molecule has 5 nitrogen and oxygen atoms in total. The molecule has 1 saturated carbocycles. The molecule has 6 heteroatoms. The lowest BCUT2D eigenvalue weighted by atomic mass is 10.2. The van der Waals surface area contributed by atoms with Crippen LogP contribution in [0.5, 0.6) is 5.75 Å². The highest BCUT2D eigenvalue weighted by Crippen LogP contribution is 2.30. The van der Waals surface area contributed by atoms with Crippen molar-refractivity contribution in [3.8, 4) is 5.75 Å². The number of hydrogen-bond acceptors (Lipinski definition) is 3. The van der Waals surface area contributed by atoms with Gasteiger partial charge in [0.15, 0.2) is 0 Å². The zero-order valence-electron chi connectivity index (χ0n) is 12.0. The predicted molar refractivity (Wildman–Crippen MR) is 81.6 cm³/mol. The van der Waals surface area contributed by atoms with Gasteiger partial charge in [0.05, 0.1) is 6.10 Å². The molecule has 0 spiro atoms. The number of rotatable bonds is 6. The van der Waals surface area contributed by atoms with Crippen LogP contribution in [0.3, 0.4) is 0 Å². The van der Waals surface area contributed by atoms with Crippen LogP contribution in [0.15, 0.2) is 22.7 Å². The first kappa shape index (κ1) is 15.8. The highest BCUT2D eigenvalue weighted by molar-refractivity contribution is 9.10. The van der Waals surface area contributed by atoms with Gasteiger partial charge >= 0.3 is 5.97 Å². The summed E-state index contributed by atoms with van der Waals surface area (Å²) < 4.78 is 6.34. The Morgan fingerprint density at radius 1 is 1.38 bits per heavy atom. The van der Waals surface area contributed by atoms with E-state index in [-0.39, 0.29) is 24.6 Å². The molecule has 0 saturated heterocycles. The van der Waals surface area contributed by atoms with E-state index < -0.39 is 5.97 Å². The molecule has 1 N–H and O–H groups in total. The van der Waals surface area contributed by atoms with Crippen molar-refractivity contribution in [2.45, 2.75) is 38.8 Å². The van der Waals surface area contributed by atoms with Crippen LogP contribution in [0.4, 0.5) is 0 Å². The summed E-state index contributed by atoms with van der Waals surface area (Å²) in [5, 5.41) is 8.96. The van der Waals surface area contributed by atoms with Crippen molar-refractivity contribution in [2.24, 2.45) is 0 Å². The van der Waals surface area contributed by atoms with Gasteiger partial charge in [0.25, 0.3) is 5.91 Å². The molecule has 21 heavy (non-hydrogen) atoms. The monoisotopic (exact) mass is 355 g/mol. The van der Waals surface area contributed by atoms with Gasteiger partial charge in [0.1, 0.15) is 12.3 Å². The van der Waals surface area contributed by atoms with Gasteiger partial charge in [-0.15, -0.1) is 0 Å². The van der Waals surface area contributed by atoms with E-state index in [0.717, 1.165) is 17.3 Å². The molecule has 0 aliphatic heterocycles. The van der Waals surface area contributed by atoms with E-state index in [1.54, 1.807) is 18.2 Å². The number of carboxylic acids is 1. The summed E-state index contributed by atoms with van der Waals surface area (Å²) in [4.78, 5) is 24.9. The lowest BCUT2D eigenvalue weighted by Crippen LogP contribution is -2.37. The van der Waals surface area contributed by atoms with Crippen molar-refractivity contribution in [2.75, 3.05) is 6.54 Å². The molecule has 1 amide bonds. The Bertz CT molecular complexity index is 555. The van der Waals surface area contributed by atoms with Crippen LogP contribution >= 0.6 is 15.9 Å². The van der Waals surface area contributed by atoms with Crippen LogP contribution in [0, 0.1) is 0 Å². The number of carbonyl (C=O) groups excluding carboxylic acids is 1. The van der Waals surface area contributed by atoms with Crippen LogP contribution in [-0.2, 0) is 4.79 Å². The quantitative estimate of drug-likeness (QED) is 0.851. The maximum absolute atomic E-state index is 12.5. The molecular weight excluding hydrogens is 338 g/mol. The number of nitrogens with zero attached hydrogens (tertiary/aromatic N) is 1. The maximum atomic E-state index is 12.5. The second-order valence-electron chi connectivity index (χ2n) is 5.40. The molecule has 0 unspecified atom stereocenters. The fourth-order valence-corrected chi connectivity index (χ4v) is 2.56. The highest BCUT2D eigenvalue weighted by atomic mass is 79.9. The van der Waals surface area contributed by atoms with Crippen LogP contribution < -0.4 is 4.74 Å². The van der Waals surface area contributed by atoms with Crippen LogP contribution in [0.1, 0.15) is 37.0 Å². The second-order valence-corrected chi connectivity index (χ2v) is 6.32. The third kappa shape index (κ3) is 4.46. The topological polar surface area (TPSA) is 66.8 Å². The van der Waals surface area contributed by atoms with Gasteiger partial charge in [0, 0.05) is 16.1 Å². The standard InChI is InChI=1S/C15H18BrNO4/c1-9(2)21-13-6-10(5-11(16)7-13)15(20)17(8-14(18)19)12-3-4-12/h5-7,9,12H,3-4,8H2,1-2H3,(H,18,19). The fourth-order valence-electron chi connectivity index (χ4n) is 2.09. The molecule has 1 fully saturated rings. The summed E-state index contributed by atoms with van der Waals surface area (Å²) in [7, 11) is 0. The fraction of sp³-hybridized carbons (Fsp3) is 0.467. The normalized spacial score (nSPS) is 14.1. The molecule has 114 valence electrons. The number of carboxylic acid groups (broad SMARTS) is 1. The molecule has 0 bridgehead atoms. The average molecular weight is 356 g/mol. The maximum Gasteiger partial charge on any atom is 0.323 e. The minimum atomic E-state index is -0.996. The minimum Gasteiger partial charge on any atom is -0.491 e. The number of amides is 1. The van der Waals surface area contributed by atoms with E-state index in [2.05, 4.69) is 15.9 Å². The van der Waals surface area contributed by atoms with Crippen LogP contribution in [0.2, 0.25) is 0 Å². The molecular formula is C15H18BrNO4. The summed E-state index contributed by atoms with van der Waals surface area (Å²) >= 11 is 3.36. The van der Waals surface area contributed by atoms with Gasteiger partial charge in [0.2, 0.25) is 0 Å². The zero-order valence-corrected chi connectivity index (χ0v) is 13.6. The predicted octanol–water partition coefficient (Wildman–Crippen LogP) is 2.93. The Labute approximate surface area is 132 Å². The highest BCUT2D eigenvalue weighted by Gasteiger charge is 2.34. The molecule has 2 rings (SSSR count). The smallest absolute Gasteiger partial charge is 0.323 e. The van der Waals surface area contributed by atoms with E-state index in [1.165, 1.54) is 4.90 Å². The zero-order chi connectivity index (χ0) is 15.6. The summed E-state index contributed by atoms with van der Waals surface area (Å²) in [5.74, 6) is -0.674.